The number of hydrogen-bond acceptors (Lipinski definition) is 4. The lowest BCUT2D eigenvalue weighted by molar-refractivity contribution is -0.384. The summed E-state index contributed by atoms with van der Waals surface area (Å²) in [7, 11) is 0. The molecule has 0 saturated heterocycles. The Morgan fingerprint density at radius 2 is 1.83 bits per heavy atom. The number of anilines is 1. The maximum absolute atomic E-state index is 12.7. The zero-order valence-corrected chi connectivity index (χ0v) is 11.8. The van der Waals surface area contributed by atoms with Gasteiger partial charge in [0.05, 0.1) is 11.5 Å². The molecule has 2 rings (SSSR count). The van der Waals surface area contributed by atoms with Crippen molar-refractivity contribution in [1.29, 1.82) is 0 Å². The molecular formula is C15H12FN3O4. The summed E-state index contributed by atoms with van der Waals surface area (Å²) >= 11 is 0. The van der Waals surface area contributed by atoms with Crippen molar-refractivity contribution in [2.75, 3.05) is 11.9 Å². The minimum Gasteiger partial charge on any atom is -0.343 e. The SMILES string of the molecule is O=C(CNC(=O)c1cccc([N+](=O)[O-])c1)Nc1ccc(F)cc1. The predicted octanol–water partition coefficient (Wildman–Crippen LogP) is 2.10. The molecule has 2 aromatic rings. The van der Waals surface area contributed by atoms with Crippen molar-refractivity contribution in [2.24, 2.45) is 0 Å². The molecule has 0 unspecified atom stereocenters. The Hall–Kier alpha value is -3.29. The van der Waals surface area contributed by atoms with Crippen molar-refractivity contribution in [3.8, 4) is 0 Å². The minimum absolute atomic E-state index is 0.0776. The molecule has 8 heteroatoms. The van der Waals surface area contributed by atoms with Gasteiger partial charge in [-0.2, -0.15) is 0 Å². The summed E-state index contributed by atoms with van der Waals surface area (Å²) in [4.78, 5) is 33.6. The van der Waals surface area contributed by atoms with Crippen LogP contribution in [0.5, 0.6) is 0 Å². The molecule has 23 heavy (non-hydrogen) atoms. The van der Waals surface area contributed by atoms with E-state index in [0.29, 0.717) is 5.69 Å². The standard InChI is InChI=1S/C15H12FN3O4/c16-11-4-6-12(7-5-11)18-14(20)9-17-15(21)10-2-1-3-13(8-10)19(22)23/h1-8H,9H2,(H,17,21)(H,18,20). The Balaban J connectivity index is 1.91. The molecule has 2 aromatic carbocycles. The summed E-state index contributed by atoms with van der Waals surface area (Å²) in [5.41, 5.74) is 0.253. The lowest BCUT2D eigenvalue weighted by atomic mass is 10.2. The van der Waals surface area contributed by atoms with Crippen LogP contribution in [0.25, 0.3) is 0 Å². The molecule has 0 aliphatic carbocycles. The molecule has 2 amide bonds. The number of nitro benzene ring substituents is 1. The van der Waals surface area contributed by atoms with Crippen LogP contribution in [-0.2, 0) is 4.79 Å². The van der Waals surface area contributed by atoms with Crippen LogP contribution in [0.1, 0.15) is 10.4 Å². The number of halogens is 1. The molecule has 0 fully saturated rings. The van der Waals surface area contributed by atoms with Crippen LogP contribution < -0.4 is 10.6 Å². The monoisotopic (exact) mass is 317 g/mol. The van der Waals surface area contributed by atoms with Gasteiger partial charge in [0.2, 0.25) is 5.91 Å². The summed E-state index contributed by atoms with van der Waals surface area (Å²) in [6.45, 7) is -0.321. The summed E-state index contributed by atoms with van der Waals surface area (Å²) < 4.78 is 12.7. The third-order valence-electron chi connectivity index (χ3n) is 2.86. The molecule has 0 atom stereocenters. The number of hydrogen-bond donors (Lipinski definition) is 2. The molecule has 118 valence electrons. The van der Waals surface area contributed by atoms with Gasteiger partial charge in [-0.25, -0.2) is 4.39 Å². The smallest absolute Gasteiger partial charge is 0.270 e. The van der Waals surface area contributed by atoms with Crippen molar-refractivity contribution >= 4 is 23.2 Å². The van der Waals surface area contributed by atoms with E-state index in [1.807, 2.05) is 0 Å². The highest BCUT2D eigenvalue weighted by Crippen LogP contribution is 2.13. The highest BCUT2D eigenvalue weighted by atomic mass is 19.1. The molecule has 0 aliphatic heterocycles. The third-order valence-corrected chi connectivity index (χ3v) is 2.86. The number of nitro groups is 1. The van der Waals surface area contributed by atoms with E-state index in [9.17, 15) is 24.1 Å². The van der Waals surface area contributed by atoms with E-state index in [1.165, 1.54) is 42.5 Å². The number of carbonyl (C=O) groups excluding carboxylic acids is 2. The molecule has 2 N–H and O–H groups in total. The van der Waals surface area contributed by atoms with Gasteiger partial charge in [-0.15, -0.1) is 0 Å². The quantitative estimate of drug-likeness (QED) is 0.651. The highest BCUT2D eigenvalue weighted by Gasteiger charge is 2.12. The summed E-state index contributed by atoms with van der Waals surface area (Å²) in [6, 6.07) is 10.3. The van der Waals surface area contributed by atoms with E-state index < -0.39 is 22.6 Å². The average Bonchev–Trinajstić information content (AvgIpc) is 2.55. The third kappa shape index (κ3) is 4.60. The molecular weight excluding hydrogens is 305 g/mol. The van der Waals surface area contributed by atoms with Crippen molar-refractivity contribution < 1.29 is 18.9 Å². The maximum atomic E-state index is 12.7. The van der Waals surface area contributed by atoms with Gasteiger partial charge in [-0.1, -0.05) is 6.07 Å². The van der Waals surface area contributed by atoms with E-state index in [4.69, 9.17) is 0 Å². The van der Waals surface area contributed by atoms with Crippen LogP contribution in [0.2, 0.25) is 0 Å². The van der Waals surface area contributed by atoms with Gasteiger partial charge in [0.25, 0.3) is 11.6 Å². The fourth-order valence-electron chi connectivity index (χ4n) is 1.76. The van der Waals surface area contributed by atoms with E-state index in [0.717, 1.165) is 6.07 Å². The maximum Gasteiger partial charge on any atom is 0.270 e. The van der Waals surface area contributed by atoms with Crippen LogP contribution in [0, 0.1) is 15.9 Å². The Kier molecular flexibility index (Phi) is 4.98. The summed E-state index contributed by atoms with van der Waals surface area (Å²) in [6.07, 6.45) is 0. The second kappa shape index (κ2) is 7.12. The second-order valence-corrected chi connectivity index (χ2v) is 4.55. The van der Waals surface area contributed by atoms with E-state index >= 15 is 0 Å². The van der Waals surface area contributed by atoms with E-state index in [1.54, 1.807) is 0 Å². The molecule has 0 aromatic heterocycles. The molecule has 7 nitrogen and oxygen atoms in total. The van der Waals surface area contributed by atoms with Crippen molar-refractivity contribution in [2.45, 2.75) is 0 Å². The minimum atomic E-state index is -0.613. The molecule has 0 heterocycles. The molecule has 0 radical (unpaired) electrons. The summed E-state index contributed by atoms with van der Waals surface area (Å²) in [5, 5.41) is 15.5. The topological polar surface area (TPSA) is 101 Å². The lowest BCUT2D eigenvalue weighted by Crippen LogP contribution is -2.32. The van der Waals surface area contributed by atoms with Crippen LogP contribution in [0.15, 0.2) is 48.5 Å². The number of amides is 2. The normalized spacial score (nSPS) is 9.96. The number of nitrogens with one attached hydrogen (secondary N) is 2. The zero-order valence-electron chi connectivity index (χ0n) is 11.8. The molecule has 0 bridgehead atoms. The number of carbonyl (C=O) groups is 2. The van der Waals surface area contributed by atoms with E-state index in [-0.39, 0.29) is 17.8 Å². The van der Waals surface area contributed by atoms with Crippen LogP contribution in [-0.4, -0.2) is 23.3 Å². The first-order valence-electron chi connectivity index (χ1n) is 6.54. The number of nitrogens with zero attached hydrogens (tertiary/aromatic N) is 1. The zero-order chi connectivity index (χ0) is 16.8. The predicted molar refractivity (Wildman–Crippen MR) is 80.5 cm³/mol. The fraction of sp³-hybridized carbons (Fsp3) is 0.0667. The van der Waals surface area contributed by atoms with Crippen LogP contribution in [0.4, 0.5) is 15.8 Å². The molecule has 0 saturated carbocycles. The van der Waals surface area contributed by atoms with Gasteiger partial charge in [0, 0.05) is 23.4 Å². The number of non-ortho nitro benzene ring substituents is 1. The summed E-state index contributed by atoms with van der Waals surface area (Å²) in [5.74, 6) is -1.54. The number of benzene rings is 2. The Morgan fingerprint density at radius 1 is 1.13 bits per heavy atom. The van der Waals surface area contributed by atoms with Crippen LogP contribution in [0.3, 0.4) is 0 Å². The fourth-order valence-corrected chi connectivity index (χ4v) is 1.76. The largest absolute Gasteiger partial charge is 0.343 e. The van der Waals surface area contributed by atoms with Gasteiger partial charge in [-0.3, -0.25) is 19.7 Å². The van der Waals surface area contributed by atoms with E-state index in [2.05, 4.69) is 10.6 Å². The number of rotatable bonds is 5. The Labute approximate surface area is 130 Å². The highest BCUT2D eigenvalue weighted by molar-refractivity contribution is 5.99. The van der Waals surface area contributed by atoms with Gasteiger partial charge in [-0.05, 0) is 30.3 Å². The lowest BCUT2D eigenvalue weighted by Gasteiger charge is -2.07. The van der Waals surface area contributed by atoms with Gasteiger partial charge >= 0.3 is 0 Å². The van der Waals surface area contributed by atoms with Crippen LogP contribution >= 0.6 is 0 Å². The molecule has 0 aliphatic rings. The molecule has 0 spiro atoms. The van der Waals surface area contributed by atoms with Gasteiger partial charge in [0.15, 0.2) is 0 Å². The van der Waals surface area contributed by atoms with Gasteiger partial charge in [0.1, 0.15) is 5.82 Å². The van der Waals surface area contributed by atoms with Gasteiger partial charge < -0.3 is 10.6 Å². The first-order valence-corrected chi connectivity index (χ1v) is 6.54. The average molecular weight is 317 g/mol. The van der Waals surface area contributed by atoms with Crippen molar-refractivity contribution in [3.63, 3.8) is 0 Å². The second-order valence-electron chi connectivity index (χ2n) is 4.55. The Bertz CT molecular complexity index is 747. The first kappa shape index (κ1) is 16.1. The Morgan fingerprint density at radius 3 is 2.48 bits per heavy atom. The first-order chi connectivity index (χ1) is 11.0. The van der Waals surface area contributed by atoms with Crippen molar-refractivity contribution in [3.05, 3.63) is 70.0 Å². The van der Waals surface area contributed by atoms with Crippen molar-refractivity contribution in [1.82, 2.24) is 5.32 Å².